The fourth-order valence-electron chi connectivity index (χ4n) is 6.88. The van der Waals surface area contributed by atoms with Gasteiger partial charge in [-0.3, -0.25) is 29.1 Å². The topological polar surface area (TPSA) is 162 Å². The van der Waals surface area contributed by atoms with Crippen LogP contribution in [0.25, 0.3) is 0 Å². The Bertz CT molecular complexity index is 1830. The summed E-state index contributed by atoms with van der Waals surface area (Å²) in [5.41, 5.74) is 3.43. The number of esters is 1. The van der Waals surface area contributed by atoms with Gasteiger partial charge in [0, 0.05) is 24.4 Å². The van der Waals surface area contributed by atoms with Crippen molar-refractivity contribution < 1.29 is 48.0 Å². The summed E-state index contributed by atoms with van der Waals surface area (Å²) in [7, 11) is 2.85. The minimum Gasteiger partial charge on any atom is -0.502 e. The SMILES string of the molecule is COc1cc([C@@H]2c3cc4c(cc3[C@@H](N=C3CC(=O)N(Cc5ccc(NC(C)=O)cc5)C3=O)[C@H]3COC(=O)[C@H]23)OCO4)cc(OC)c1O. The fraction of sp³-hybridized carbons (Fsp3) is 0.324. The van der Waals surface area contributed by atoms with Crippen molar-refractivity contribution in [2.75, 3.05) is 32.9 Å². The Hall–Kier alpha value is -5.59. The van der Waals surface area contributed by atoms with Crippen LogP contribution in [0, 0.1) is 11.8 Å². The predicted octanol–water partition coefficient (Wildman–Crippen LogP) is 3.47. The van der Waals surface area contributed by atoms with E-state index in [-0.39, 0.29) is 55.2 Å². The highest BCUT2D eigenvalue weighted by atomic mass is 16.7. The standard InChI is InChI=1S/C34H31N3O10/c1-16(38)35-19-6-4-17(5-7-19)13-37-28(39)12-23(33(37)41)36-31-21-11-25-24(46-15-47-25)10-20(21)29(30-22(31)14-45-34(30)42)18-8-26(43-2)32(40)27(9-18)44-3/h4-11,22,29-31,40H,12-15H2,1-3H3,(H,35,38)/t22-,29+,30-,31+/m0/s1. The molecule has 0 saturated carbocycles. The van der Waals surface area contributed by atoms with Gasteiger partial charge in [0.1, 0.15) is 5.71 Å². The molecule has 3 aromatic rings. The second-order valence-electron chi connectivity index (χ2n) is 11.8. The second-order valence-corrected chi connectivity index (χ2v) is 11.8. The molecule has 0 radical (unpaired) electrons. The predicted molar refractivity (Wildman–Crippen MR) is 165 cm³/mol. The third kappa shape index (κ3) is 5.17. The highest BCUT2D eigenvalue weighted by Gasteiger charge is 2.53. The van der Waals surface area contributed by atoms with Gasteiger partial charge in [0.25, 0.3) is 5.91 Å². The highest BCUT2D eigenvalue weighted by molar-refractivity contribution is 6.48. The molecule has 47 heavy (non-hydrogen) atoms. The smallest absolute Gasteiger partial charge is 0.310 e. The molecule has 3 aromatic carbocycles. The van der Waals surface area contributed by atoms with Crippen LogP contribution in [0.15, 0.2) is 53.5 Å². The lowest BCUT2D eigenvalue weighted by Crippen LogP contribution is -2.35. The number of aromatic hydroxyl groups is 1. The molecule has 13 nitrogen and oxygen atoms in total. The highest BCUT2D eigenvalue weighted by Crippen LogP contribution is 2.56. The number of ether oxygens (including phenoxy) is 5. The lowest BCUT2D eigenvalue weighted by molar-refractivity contribution is -0.142. The lowest BCUT2D eigenvalue weighted by Gasteiger charge is -2.37. The van der Waals surface area contributed by atoms with E-state index in [0.29, 0.717) is 39.4 Å². The Kier molecular flexibility index (Phi) is 7.45. The Balaban J connectivity index is 1.28. The largest absolute Gasteiger partial charge is 0.502 e. The Morgan fingerprint density at radius 3 is 2.28 bits per heavy atom. The molecule has 13 heteroatoms. The molecule has 0 unspecified atom stereocenters. The van der Waals surface area contributed by atoms with Crippen molar-refractivity contribution >= 4 is 35.1 Å². The van der Waals surface area contributed by atoms with Gasteiger partial charge in [-0.05, 0) is 58.7 Å². The molecular formula is C34H31N3O10. The van der Waals surface area contributed by atoms with Crippen LogP contribution in [-0.2, 0) is 30.5 Å². The lowest BCUT2D eigenvalue weighted by atomic mass is 9.65. The number of phenolic OH excluding ortho intramolecular Hbond substituents is 1. The van der Waals surface area contributed by atoms with Gasteiger partial charge >= 0.3 is 5.97 Å². The van der Waals surface area contributed by atoms with Crippen LogP contribution in [0.2, 0.25) is 0 Å². The number of carbonyl (C=O) groups is 4. The van der Waals surface area contributed by atoms with Gasteiger partial charge in [-0.2, -0.15) is 0 Å². The van der Waals surface area contributed by atoms with E-state index in [1.807, 2.05) is 12.1 Å². The molecule has 2 fully saturated rings. The molecule has 4 atom stereocenters. The second kappa shape index (κ2) is 11.6. The summed E-state index contributed by atoms with van der Waals surface area (Å²) in [6.07, 6.45) is -0.193. The van der Waals surface area contributed by atoms with Crippen LogP contribution in [0.5, 0.6) is 28.7 Å². The zero-order valence-corrected chi connectivity index (χ0v) is 25.8. The summed E-state index contributed by atoms with van der Waals surface area (Å²) in [6, 6.07) is 13.1. The molecule has 2 N–H and O–H groups in total. The first-order chi connectivity index (χ1) is 22.7. The summed E-state index contributed by atoms with van der Waals surface area (Å²) in [6.45, 7) is 1.52. The number of anilines is 1. The van der Waals surface area contributed by atoms with Gasteiger partial charge < -0.3 is 34.1 Å². The van der Waals surface area contributed by atoms with Crippen molar-refractivity contribution in [3.05, 3.63) is 70.8 Å². The van der Waals surface area contributed by atoms with Crippen molar-refractivity contribution in [3.8, 4) is 28.7 Å². The van der Waals surface area contributed by atoms with E-state index in [0.717, 1.165) is 4.90 Å². The molecule has 7 rings (SSSR count). The molecule has 4 aliphatic rings. The first-order valence-electron chi connectivity index (χ1n) is 15.0. The van der Waals surface area contributed by atoms with E-state index < -0.39 is 41.6 Å². The third-order valence-corrected chi connectivity index (χ3v) is 9.03. The van der Waals surface area contributed by atoms with Gasteiger partial charge in [0.2, 0.25) is 24.4 Å². The van der Waals surface area contributed by atoms with E-state index in [9.17, 15) is 24.3 Å². The summed E-state index contributed by atoms with van der Waals surface area (Å²) >= 11 is 0. The third-order valence-electron chi connectivity index (χ3n) is 9.03. The number of nitrogens with zero attached hydrogens (tertiary/aromatic N) is 2. The van der Waals surface area contributed by atoms with E-state index in [4.69, 9.17) is 28.7 Å². The molecule has 0 bridgehead atoms. The van der Waals surface area contributed by atoms with Crippen molar-refractivity contribution in [1.29, 1.82) is 0 Å². The first-order valence-corrected chi connectivity index (χ1v) is 15.0. The van der Waals surface area contributed by atoms with E-state index in [2.05, 4.69) is 5.32 Å². The van der Waals surface area contributed by atoms with Gasteiger partial charge in [0.05, 0.1) is 45.8 Å². The number of cyclic esters (lactones) is 1. The number of benzene rings is 3. The van der Waals surface area contributed by atoms with Gasteiger partial charge in [-0.25, -0.2) is 0 Å². The molecule has 0 spiro atoms. The van der Waals surface area contributed by atoms with Crippen LogP contribution >= 0.6 is 0 Å². The van der Waals surface area contributed by atoms with Crippen LogP contribution in [-0.4, -0.2) is 67.0 Å². The molecule has 2 saturated heterocycles. The monoisotopic (exact) mass is 641 g/mol. The van der Waals surface area contributed by atoms with Gasteiger partial charge in [0.15, 0.2) is 23.0 Å². The number of carbonyl (C=O) groups excluding carboxylic acids is 4. The number of rotatable bonds is 7. The number of hydrogen-bond acceptors (Lipinski definition) is 11. The Labute approximate surface area is 269 Å². The maximum absolute atomic E-state index is 13.6. The van der Waals surface area contributed by atoms with Crippen LogP contribution in [0.4, 0.5) is 5.69 Å². The Morgan fingerprint density at radius 1 is 0.979 bits per heavy atom. The summed E-state index contributed by atoms with van der Waals surface area (Å²) in [4.78, 5) is 57.6. The number of methoxy groups -OCH3 is 2. The maximum Gasteiger partial charge on any atom is 0.310 e. The molecule has 3 amide bonds. The van der Waals surface area contributed by atoms with Crippen molar-refractivity contribution in [2.24, 2.45) is 16.8 Å². The van der Waals surface area contributed by atoms with E-state index in [1.54, 1.807) is 36.4 Å². The Morgan fingerprint density at radius 2 is 1.64 bits per heavy atom. The molecule has 1 aliphatic carbocycles. The summed E-state index contributed by atoms with van der Waals surface area (Å²) < 4.78 is 27.9. The number of aliphatic imine (C=N–C) groups is 1. The zero-order chi connectivity index (χ0) is 33.0. The first kappa shape index (κ1) is 30.1. The van der Waals surface area contributed by atoms with Gasteiger partial charge in [-0.1, -0.05) is 12.1 Å². The molecule has 3 aliphatic heterocycles. The average Bonchev–Trinajstić information content (AvgIpc) is 3.75. The van der Waals surface area contributed by atoms with Crippen LogP contribution in [0.3, 0.4) is 0 Å². The zero-order valence-electron chi connectivity index (χ0n) is 25.8. The van der Waals surface area contributed by atoms with Gasteiger partial charge in [-0.15, -0.1) is 0 Å². The number of fused-ring (bicyclic) bond motifs is 3. The summed E-state index contributed by atoms with van der Waals surface area (Å²) in [5, 5.41) is 13.3. The number of phenols is 1. The number of likely N-dealkylation sites (tertiary alicyclic amines) is 1. The molecule has 242 valence electrons. The van der Waals surface area contributed by atoms with Crippen molar-refractivity contribution in [3.63, 3.8) is 0 Å². The molecular weight excluding hydrogens is 610 g/mol. The minimum atomic E-state index is -0.721. The summed E-state index contributed by atoms with van der Waals surface area (Å²) in [5.74, 6) is -2.17. The van der Waals surface area contributed by atoms with Crippen molar-refractivity contribution in [1.82, 2.24) is 4.90 Å². The molecule has 0 aromatic heterocycles. The normalized spacial score (nSPS) is 23.4. The van der Waals surface area contributed by atoms with E-state index >= 15 is 0 Å². The van der Waals surface area contributed by atoms with Crippen LogP contribution in [0.1, 0.15) is 47.6 Å². The number of hydrogen-bond donors (Lipinski definition) is 2. The quantitative estimate of drug-likeness (QED) is 0.289. The number of amides is 3. The average molecular weight is 642 g/mol. The van der Waals surface area contributed by atoms with Crippen molar-refractivity contribution in [2.45, 2.75) is 31.8 Å². The fourth-order valence-corrected chi connectivity index (χ4v) is 6.88. The minimum absolute atomic E-state index is 0.0194. The number of imide groups is 1. The van der Waals surface area contributed by atoms with Crippen LogP contribution < -0.4 is 24.3 Å². The molecule has 3 heterocycles. The maximum atomic E-state index is 13.6. The number of nitrogens with one attached hydrogen (secondary N) is 1. The van der Waals surface area contributed by atoms with E-state index in [1.165, 1.54) is 21.1 Å².